The summed E-state index contributed by atoms with van der Waals surface area (Å²) in [6.07, 6.45) is 5.11. The molecule has 1 fully saturated rings. The predicted molar refractivity (Wildman–Crippen MR) is 86.6 cm³/mol. The molecule has 0 bridgehead atoms. The first-order chi connectivity index (χ1) is 10.6. The number of aromatic nitrogens is 3. The van der Waals surface area contributed by atoms with Crippen LogP contribution in [-0.4, -0.2) is 26.8 Å². The summed E-state index contributed by atoms with van der Waals surface area (Å²) in [4.78, 5) is 4.31. The first-order valence-electron chi connectivity index (χ1n) is 8.32. The van der Waals surface area contributed by atoms with Gasteiger partial charge in [-0.3, -0.25) is 0 Å². The Hall–Kier alpha value is -1.68. The summed E-state index contributed by atoms with van der Waals surface area (Å²) in [7, 11) is 0. The average Bonchev–Trinajstić information content (AvgIpc) is 2.99. The topological polar surface area (TPSA) is 42.7 Å². The van der Waals surface area contributed by atoms with E-state index in [2.05, 4.69) is 64.3 Å². The molecule has 116 valence electrons. The Bertz CT molecular complexity index is 646. The Morgan fingerprint density at radius 2 is 2.05 bits per heavy atom. The maximum Gasteiger partial charge on any atom is 0.138 e. The summed E-state index contributed by atoms with van der Waals surface area (Å²) in [6, 6.07) is 12.1. The zero-order valence-corrected chi connectivity index (χ0v) is 13.4. The molecular weight excluding hydrogens is 272 g/mol. The largest absolute Gasteiger partial charge is 0.309 e. The van der Waals surface area contributed by atoms with Gasteiger partial charge < -0.3 is 5.32 Å². The molecule has 4 nitrogen and oxygen atoms in total. The molecule has 3 atom stereocenters. The third-order valence-corrected chi connectivity index (χ3v) is 5.71. The molecule has 1 N–H and O–H groups in total. The predicted octanol–water partition coefficient (Wildman–Crippen LogP) is 2.76. The van der Waals surface area contributed by atoms with Crippen LogP contribution in [0.4, 0.5) is 0 Å². The first kappa shape index (κ1) is 13.9. The Morgan fingerprint density at radius 3 is 2.82 bits per heavy atom. The smallest absolute Gasteiger partial charge is 0.138 e. The lowest BCUT2D eigenvalue weighted by atomic mass is 9.56. The Morgan fingerprint density at radius 1 is 1.23 bits per heavy atom. The first-order valence-corrected chi connectivity index (χ1v) is 8.32. The molecule has 22 heavy (non-hydrogen) atoms. The van der Waals surface area contributed by atoms with Gasteiger partial charge in [0.15, 0.2) is 0 Å². The second-order valence-corrected chi connectivity index (χ2v) is 7.33. The number of nitrogens with zero attached hydrogens (tertiary/aromatic N) is 3. The van der Waals surface area contributed by atoms with Crippen molar-refractivity contribution in [2.24, 2.45) is 5.41 Å². The summed E-state index contributed by atoms with van der Waals surface area (Å²) >= 11 is 0. The van der Waals surface area contributed by atoms with Crippen molar-refractivity contribution >= 4 is 0 Å². The maximum atomic E-state index is 4.32. The summed E-state index contributed by atoms with van der Waals surface area (Å²) in [5.41, 5.74) is 1.79. The van der Waals surface area contributed by atoms with E-state index in [1.54, 1.807) is 6.33 Å². The minimum Gasteiger partial charge on any atom is -0.309 e. The molecule has 1 aromatic heterocycles. The fourth-order valence-electron chi connectivity index (χ4n) is 4.12. The van der Waals surface area contributed by atoms with Gasteiger partial charge in [0.25, 0.3) is 0 Å². The van der Waals surface area contributed by atoms with Crippen LogP contribution in [0.2, 0.25) is 0 Å². The van der Waals surface area contributed by atoms with Gasteiger partial charge in [0.2, 0.25) is 0 Å². The average molecular weight is 296 g/mol. The van der Waals surface area contributed by atoms with Gasteiger partial charge in [-0.05, 0) is 29.7 Å². The SMILES string of the molecule is CC1(C)[C@H](N[C@@H]2CCc3ncnn3C2)C[C@H]1c1ccccc1. The molecule has 2 heterocycles. The van der Waals surface area contributed by atoms with Crippen LogP contribution in [0, 0.1) is 5.41 Å². The number of nitrogens with one attached hydrogen (secondary N) is 1. The molecule has 2 aliphatic rings. The number of benzene rings is 1. The highest BCUT2D eigenvalue weighted by molar-refractivity contribution is 5.27. The normalized spacial score (nSPS) is 29.6. The number of hydrogen-bond donors (Lipinski definition) is 1. The van der Waals surface area contributed by atoms with Crippen LogP contribution in [0.15, 0.2) is 36.7 Å². The lowest BCUT2D eigenvalue weighted by Gasteiger charge is -2.54. The van der Waals surface area contributed by atoms with Crippen molar-refractivity contribution in [2.75, 3.05) is 0 Å². The van der Waals surface area contributed by atoms with E-state index in [1.807, 2.05) is 0 Å². The summed E-state index contributed by atoms with van der Waals surface area (Å²) < 4.78 is 2.06. The molecular formula is C18H24N4. The second-order valence-electron chi connectivity index (χ2n) is 7.33. The van der Waals surface area contributed by atoms with Crippen LogP contribution < -0.4 is 5.32 Å². The molecule has 2 aromatic rings. The summed E-state index contributed by atoms with van der Waals surface area (Å²) in [5, 5.41) is 8.21. The monoisotopic (exact) mass is 296 g/mol. The van der Waals surface area contributed by atoms with E-state index < -0.39 is 0 Å². The van der Waals surface area contributed by atoms with Gasteiger partial charge in [-0.15, -0.1) is 0 Å². The Balaban J connectivity index is 1.41. The third-order valence-electron chi connectivity index (χ3n) is 5.71. The van der Waals surface area contributed by atoms with Crippen LogP contribution >= 0.6 is 0 Å². The van der Waals surface area contributed by atoms with Crippen molar-refractivity contribution in [3.05, 3.63) is 48.0 Å². The lowest BCUT2D eigenvalue weighted by molar-refractivity contribution is 0.0548. The van der Waals surface area contributed by atoms with Crippen LogP contribution in [-0.2, 0) is 13.0 Å². The van der Waals surface area contributed by atoms with E-state index in [9.17, 15) is 0 Å². The Kier molecular flexibility index (Phi) is 3.30. The molecule has 1 aliphatic heterocycles. The van der Waals surface area contributed by atoms with E-state index >= 15 is 0 Å². The van der Waals surface area contributed by atoms with Crippen molar-refractivity contribution in [3.63, 3.8) is 0 Å². The number of aryl methyl sites for hydroxylation is 1. The Labute approximate surface area is 132 Å². The maximum absolute atomic E-state index is 4.32. The van der Waals surface area contributed by atoms with E-state index in [4.69, 9.17) is 0 Å². The minimum absolute atomic E-state index is 0.310. The van der Waals surface area contributed by atoms with Crippen LogP contribution in [0.3, 0.4) is 0 Å². The molecule has 0 amide bonds. The quantitative estimate of drug-likeness (QED) is 0.947. The van der Waals surface area contributed by atoms with Crippen molar-refractivity contribution in [1.82, 2.24) is 20.1 Å². The van der Waals surface area contributed by atoms with Crippen molar-refractivity contribution in [3.8, 4) is 0 Å². The molecule has 0 unspecified atom stereocenters. The van der Waals surface area contributed by atoms with Crippen molar-refractivity contribution < 1.29 is 0 Å². The highest BCUT2D eigenvalue weighted by Crippen LogP contribution is 2.52. The standard InChI is InChI=1S/C18H24N4/c1-18(2)15(13-6-4-3-5-7-13)10-16(18)21-14-8-9-17-19-12-20-22(17)11-14/h3-7,12,14-16,21H,8-11H2,1-2H3/t14-,15+,16-/m1/s1. The zero-order chi connectivity index (χ0) is 15.2. The molecule has 0 saturated heterocycles. The fourth-order valence-corrected chi connectivity index (χ4v) is 4.12. The van der Waals surface area contributed by atoms with Gasteiger partial charge in [-0.2, -0.15) is 5.10 Å². The lowest BCUT2D eigenvalue weighted by Crippen LogP contribution is -2.59. The molecule has 1 aliphatic carbocycles. The minimum atomic E-state index is 0.310. The number of fused-ring (bicyclic) bond motifs is 1. The van der Waals surface area contributed by atoms with Crippen LogP contribution in [0.25, 0.3) is 0 Å². The fraction of sp³-hybridized carbons (Fsp3) is 0.556. The molecule has 0 radical (unpaired) electrons. The van der Waals surface area contributed by atoms with Crippen molar-refractivity contribution in [1.29, 1.82) is 0 Å². The van der Waals surface area contributed by atoms with Gasteiger partial charge in [-0.1, -0.05) is 44.2 Å². The summed E-state index contributed by atoms with van der Waals surface area (Å²) in [5.74, 6) is 1.80. The molecule has 0 spiro atoms. The second kappa shape index (κ2) is 5.20. The number of hydrogen-bond acceptors (Lipinski definition) is 3. The molecule has 4 rings (SSSR count). The molecule has 1 aromatic carbocycles. The van der Waals surface area contributed by atoms with Gasteiger partial charge in [0.05, 0.1) is 6.54 Å². The third kappa shape index (κ3) is 2.26. The zero-order valence-electron chi connectivity index (χ0n) is 13.4. The van der Waals surface area contributed by atoms with Gasteiger partial charge in [0.1, 0.15) is 12.2 Å². The van der Waals surface area contributed by atoms with Gasteiger partial charge in [-0.25, -0.2) is 9.67 Å². The van der Waals surface area contributed by atoms with Crippen LogP contribution in [0.1, 0.15) is 44.0 Å². The highest BCUT2D eigenvalue weighted by atomic mass is 15.3. The summed E-state index contributed by atoms with van der Waals surface area (Å²) in [6.45, 7) is 5.75. The van der Waals surface area contributed by atoms with E-state index in [0.717, 1.165) is 18.8 Å². The molecule has 4 heteroatoms. The number of rotatable bonds is 3. The van der Waals surface area contributed by atoms with E-state index in [0.29, 0.717) is 23.4 Å². The van der Waals surface area contributed by atoms with Crippen LogP contribution in [0.5, 0.6) is 0 Å². The highest BCUT2D eigenvalue weighted by Gasteiger charge is 2.49. The van der Waals surface area contributed by atoms with E-state index in [1.165, 1.54) is 18.4 Å². The van der Waals surface area contributed by atoms with Gasteiger partial charge >= 0.3 is 0 Å². The van der Waals surface area contributed by atoms with Crippen molar-refractivity contribution in [2.45, 2.75) is 57.7 Å². The van der Waals surface area contributed by atoms with E-state index in [-0.39, 0.29) is 0 Å². The van der Waals surface area contributed by atoms with Gasteiger partial charge in [0, 0.05) is 18.5 Å². The molecule has 1 saturated carbocycles.